The van der Waals surface area contributed by atoms with Crippen molar-refractivity contribution in [2.24, 2.45) is 5.92 Å². The normalized spacial score (nSPS) is 40.4. The lowest BCUT2D eigenvalue weighted by Gasteiger charge is -2.42. The molecule has 1 aliphatic heterocycles. The first-order chi connectivity index (χ1) is 6.27. The number of piperazine rings is 1. The minimum atomic E-state index is 0.694. The van der Waals surface area contributed by atoms with Gasteiger partial charge in [0.15, 0.2) is 0 Å². The van der Waals surface area contributed by atoms with Crippen molar-refractivity contribution in [3.05, 3.63) is 0 Å². The van der Waals surface area contributed by atoms with Crippen LogP contribution in [0.15, 0.2) is 0 Å². The summed E-state index contributed by atoms with van der Waals surface area (Å²) >= 11 is 0. The van der Waals surface area contributed by atoms with Gasteiger partial charge >= 0.3 is 0 Å². The highest BCUT2D eigenvalue weighted by molar-refractivity contribution is 4.94. The van der Waals surface area contributed by atoms with Gasteiger partial charge in [-0.2, -0.15) is 0 Å². The molecule has 2 rings (SSSR count). The van der Waals surface area contributed by atoms with Crippen LogP contribution in [0.5, 0.6) is 0 Å². The van der Waals surface area contributed by atoms with Crippen molar-refractivity contribution in [3.63, 3.8) is 0 Å². The van der Waals surface area contributed by atoms with Gasteiger partial charge < -0.3 is 10.6 Å². The molecule has 1 saturated carbocycles. The molecule has 0 aromatic carbocycles. The van der Waals surface area contributed by atoms with Crippen molar-refractivity contribution in [1.29, 1.82) is 0 Å². The quantitative estimate of drug-likeness (QED) is 0.642. The zero-order valence-electron chi connectivity index (χ0n) is 8.84. The number of fused-ring (bicyclic) bond motifs is 1. The summed E-state index contributed by atoms with van der Waals surface area (Å²) < 4.78 is 0. The summed E-state index contributed by atoms with van der Waals surface area (Å²) in [5.74, 6) is 0.760. The standard InChI is InChI=1S/C11H22N2/c1-8(2)11-7-12-9-5-3-4-6-10(9)13-11/h8-13H,3-7H2,1-2H3. The Balaban J connectivity index is 1.91. The minimum absolute atomic E-state index is 0.694. The molecular weight excluding hydrogens is 160 g/mol. The van der Waals surface area contributed by atoms with E-state index in [1.54, 1.807) is 0 Å². The van der Waals surface area contributed by atoms with Crippen molar-refractivity contribution >= 4 is 0 Å². The van der Waals surface area contributed by atoms with Gasteiger partial charge in [-0.25, -0.2) is 0 Å². The second-order valence-electron chi connectivity index (χ2n) is 4.92. The van der Waals surface area contributed by atoms with E-state index in [0.29, 0.717) is 6.04 Å². The third kappa shape index (κ3) is 2.05. The Kier molecular flexibility index (Phi) is 2.89. The Labute approximate surface area is 81.5 Å². The van der Waals surface area contributed by atoms with Gasteiger partial charge in [-0.1, -0.05) is 26.7 Å². The van der Waals surface area contributed by atoms with E-state index in [4.69, 9.17) is 0 Å². The van der Waals surface area contributed by atoms with E-state index in [0.717, 1.165) is 18.0 Å². The molecule has 3 unspecified atom stereocenters. The van der Waals surface area contributed by atoms with Crippen molar-refractivity contribution < 1.29 is 0 Å². The van der Waals surface area contributed by atoms with Crippen molar-refractivity contribution in [2.75, 3.05) is 6.54 Å². The predicted molar refractivity (Wildman–Crippen MR) is 55.8 cm³/mol. The smallest absolute Gasteiger partial charge is 0.0224 e. The van der Waals surface area contributed by atoms with Crippen molar-refractivity contribution in [2.45, 2.75) is 57.7 Å². The summed E-state index contributed by atoms with van der Waals surface area (Å²) in [6, 6.07) is 2.22. The van der Waals surface area contributed by atoms with Gasteiger partial charge in [0.25, 0.3) is 0 Å². The molecule has 13 heavy (non-hydrogen) atoms. The number of hydrogen-bond donors (Lipinski definition) is 2. The van der Waals surface area contributed by atoms with Crippen LogP contribution in [-0.4, -0.2) is 24.7 Å². The van der Waals surface area contributed by atoms with E-state index < -0.39 is 0 Å². The lowest BCUT2D eigenvalue weighted by atomic mass is 9.86. The Morgan fingerprint density at radius 3 is 2.46 bits per heavy atom. The van der Waals surface area contributed by atoms with Crippen LogP contribution >= 0.6 is 0 Å². The number of rotatable bonds is 1. The molecule has 1 aliphatic carbocycles. The van der Waals surface area contributed by atoms with Gasteiger partial charge in [0, 0.05) is 24.7 Å². The highest BCUT2D eigenvalue weighted by Crippen LogP contribution is 2.22. The molecule has 0 amide bonds. The maximum atomic E-state index is 3.79. The molecule has 2 fully saturated rings. The van der Waals surface area contributed by atoms with Crippen LogP contribution in [0, 0.1) is 5.92 Å². The predicted octanol–water partition coefficient (Wildman–Crippen LogP) is 1.51. The lowest BCUT2D eigenvalue weighted by Crippen LogP contribution is -2.62. The van der Waals surface area contributed by atoms with E-state index in [1.165, 1.54) is 32.2 Å². The molecule has 2 N–H and O–H groups in total. The molecule has 2 nitrogen and oxygen atoms in total. The first-order valence-electron chi connectivity index (χ1n) is 5.77. The second kappa shape index (κ2) is 3.97. The number of nitrogens with one attached hydrogen (secondary N) is 2. The Morgan fingerprint density at radius 2 is 1.77 bits per heavy atom. The lowest BCUT2D eigenvalue weighted by molar-refractivity contribution is 0.188. The molecule has 1 heterocycles. The largest absolute Gasteiger partial charge is 0.311 e. The molecule has 0 bridgehead atoms. The Bertz CT molecular complexity index is 167. The number of hydrogen-bond acceptors (Lipinski definition) is 2. The van der Waals surface area contributed by atoms with Gasteiger partial charge in [0.2, 0.25) is 0 Å². The molecule has 1 saturated heterocycles. The third-order valence-corrected chi connectivity index (χ3v) is 3.60. The average Bonchev–Trinajstić information content (AvgIpc) is 2.17. The summed E-state index contributed by atoms with van der Waals surface area (Å²) in [7, 11) is 0. The highest BCUT2D eigenvalue weighted by atomic mass is 15.1. The molecule has 0 spiro atoms. The fraction of sp³-hybridized carbons (Fsp3) is 1.00. The van der Waals surface area contributed by atoms with Crippen LogP contribution in [0.3, 0.4) is 0 Å². The van der Waals surface area contributed by atoms with Crippen molar-refractivity contribution in [3.8, 4) is 0 Å². The minimum Gasteiger partial charge on any atom is -0.311 e. The van der Waals surface area contributed by atoms with Gasteiger partial charge in [0.1, 0.15) is 0 Å². The summed E-state index contributed by atoms with van der Waals surface area (Å²) in [4.78, 5) is 0. The summed E-state index contributed by atoms with van der Waals surface area (Å²) in [5, 5.41) is 7.48. The van der Waals surface area contributed by atoms with Gasteiger partial charge in [-0.15, -0.1) is 0 Å². The monoisotopic (exact) mass is 182 g/mol. The first-order valence-corrected chi connectivity index (χ1v) is 5.77. The SMILES string of the molecule is CC(C)C1CNC2CCCCC2N1. The van der Waals surface area contributed by atoms with Crippen LogP contribution < -0.4 is 10.6 Å². The van der Waals surface area contributed by atoms with E-state index in [2.05, 4.69) is 24.5 Å². The highest BCUT2D eigenvalue weighted by Gasteiger charge is 2.31. The average molecular weight is 182 g/mol. The molecule has 0 radical (unpaired) electrons. The van der Waals surface area contributed by atoms with Crippen molar-refractivity contribution in [1.82, 2.24) is 10.6 Å². The fourth-order valence-corrected chi connectivity index (χ4v) is 2.62. The molecule has 3 atom stereocenters. The first kappa shape index (κ1) is 9.47. The van der Waals surface area contributed by atoms with E-state index in [-0.39, 0.29) is 0 Å². The molecule has 0 aromatic rings. The van der Waals surface area contributed by atoms with Gasteiger partial charge in [-0.05, 0) is 18.8 Å². The maximum Gasteiger partial charge on any atom is 0.0224 e. The molecule has 2 heteroatoms. The zero-order valence-corrected chi connectivity index (χ0v) is 8.84. The Morgan fingerprint density at radius 1 is 1.08 bits per heavy atom. The van der Waals surface area contributed by atoms with E-state index in [1.807, 2.05) is 0 Å². The summed E-state index contributed by atoms with van der Waals surface area (Å²) in [5.41, 5.74) is 0. The van der Waals surface area contributed by atoms with Gasteiger partial charge in [0.05, 0.1) is 0 Å². The third-order valence-electron chi connectivity index (χ3n) is 3.60. The van der Waals surface area contributed by atoms with E-state index >= 15 is 0 Å². The van der Waals surface area contributed by atoms with Gasteiger partial charge in [-0.3, -0.25) is 0 Å². The van der Waals surface area contributed by atoms with Crippen LogP contribution in [0.2, 0.25) is 0 Å². The van der Waals surface area contributed by atoms with Crippen LogP contribution in [0.4, 0.5) is 0 Å². The summed E-state index contributed by atoms with van der Waals surface area (Å²) in [6.45, 7) is 5.78. The maximum absolute atomic E-state index is 3.79. The topological polar surface area (TPSA) is 24.1 Å². The Hall–Kier alpha value is -0.0800. The van der Waals surface area contributed by atoms with Crippen LogP contribution in [0.25, 0.3) is 0 Å². The molecule has 0 aromatic heterocycles. The molecule has 2 aliphatic rings. The fourth-order valence-electron chi connectivity index (χ4n) is 2.62. The van der Waals surface area contributed by atoms with Crippen LogP contribution in [0.1, 0.15) is 39.5 Å². The van der Waals surface area contributed by atoms with Crippen LogP contribution in [-0.2, 0) is 0 Å². The molecule has 76 valence electrons. The van der Waals surface area contributed by atoms with E-state index in [9.17, 15) is 0 Å². The second-order valence-corrected chi connectivity index (χ2v) is 4.92. The zero-order chi connectivity index (χ0) is 9.26. The summed E-state index contributed by atoms with van der Waals surface area (Å²) in [6.07, 6.45) is 5.59. The molecular formula is C11H22N2.